The number of rotatable bonds is 6. The number of nitrogens with zero attached hydrogens (tertiary/aromatic N) is 2. The molecule has 0 N–H and O–H groups in total. The maximum Gasteiger partial charge on any atom is 0.271 e. The summed E-state index contributed by atoms with van der Waals surface area (Å²) in [6.45, 7) is 1.85. The van der Waals surface area contributed by atoms with Gasteiger partial charge in [0.1, 0.15) is 17.5 Å². The maximum atomic E-state index is 13.2. The van der Waals surface area contributed by atoms with Gasteiger partial charge in [0.15, 0.2) is 0 Å². The third-order valence-corrected chi connectivity index (χ3v) is 5.45. The van der Waals surface area contributed by atoms with Gasteiger partial charge in [-0.25, -0.2) is 0 Å². The molecule has 1 amide bonds. The molecule has 3 aromatic carbocycles. The molecule has 1 aliphatic rings. The summed E-state index contributed by atoms with van der Waals surface area (Å²) in [7, 11) is 1.55. The van der Waals surface area contributed by atoms with E-state index in [-0.39, 0.29) is 11.6 Å². The smallest absolute Gasteiger partial charge is 0.271 e. The average molecular weight is 439 g/mol. The van der Waals surface area contributed by atoms with Gasteiger partial charge in [0.2, 0.25) is 6.10 Å². The Hall–Kier alpha value is -3.58. The van der Waals surface area contributed by atoms with E-state index in [1.165, 1.54) is 17.0 Å². The number of methoxy groups -OCH3 is 1. The minimum Gasteiger partial charge on any atom is -0.496 e. The van der Waals surface area contributed by atoms with Crippen molar-refractivity contribution >= 4 is 28.9 Å². The second-order valence-electron chi connectivity index (χ2n) is 7.12. The number of halogens is 1. The van der Waals surface area contributed by atoms with E-state index >= 15 is 0 Å². The number of amides is 1. The lowest BCUT2D eigenvalue weighted by molar-refractivity contribution is -0.384. The first kappa shape index (κ1) is 20.7. The largest absolute Gasteiger partial charge is 0.496 e. The van der Waals surface area contributed by atoms with Crippen molar-refractivity contribution in [2.75, 3.05) is 12.0 Å². The van der Waals surface area contributed by atoms with E-state index in [9.17, 15) is 14.9 Å². The Morgan fingerprint density at radius 3 is 2.52 bits per heavy atom. The molecule has 0 bridgehead atoms. The number of carbonyl (C=O) groups is 1. The topological polar surface area (TPSA) is 81.9 Å². The first-order chi connectivity index (χ1) is 14.9. The Bertz CT molecular complexity index is 1170. The summed E-state index contributed by atoms with van der Waals surface area (Å²) in [6.07, 6.45) is -0.824. The van der Waals surface area contributed by atoms with Crippen LogP contribution in [0.1, 0.15) is 17.2 Å². The van der Waals surface area contributed by atoms with Crippen LogP contribution in [0, 0.1) is 17.0 Å². The zero-order valence-corrected chi connectivity index (χ0v) is 17.6. The maximum absolute atomic E-state index is 13.2. The van der Waals surface area contributed by atoms with Crippen molar-refractivity contribution in [2.24, 2.45) is 0 Å². The molecule has 1 saturated heterocycles. The highest BCUT2D eigenvalue weighted by Crippen LogP contribution is 2.45. The highest BCUT2D eigenvalue weighted by molar-refractivity contribution is 6.30. The Labute approximate surface area is 183 Å². The van der Waals surface area contributed by atoms with Crippen molar-refractivity contribution in [1.29, 1.82) is 0 Å². The number of para-hydroxylation sites is 1. The predicted molar refractivity (Wildman–Crippen MR) is 117 cm³/mol. The van der Waals surface area contributed by atoms with Crippen molar-refractivity contribution < 1.29 is 19.2 Å². The molecular formula is C23H19ClN2O5. The van der Waals surface area contributed by atoms with E-state index in [4.69, 9.17) is 21.1 Å². The molecule has 0 saturated carbocycles. The van der Waals surface area contributed by atoms with E-state index in [0.717, 1.165) is 11.1 Å². The van der Waals surface area contributed by atoms with Gasteiger partial charge in [-0.2, -0.15) is 0 Å². The number of non-ortho nitro benzene ring substituents is 1. The molecule has 0 unspecified atom stereocenters. The summed E-state index contributed by atoms with van der Waals surface area (Å²) in [6, 6.07) is 18.0. The molecule has 0 radical (unpaired) electrons. The Kier molecular flexibility index (Phi) is 5.52. The van der Waals surface area contributed by atoms with E-state index in [2.05, 4.69) is 0 Å². The fourth-order valence-electron chi connectivity index (χ4n) is 3.72. The van der Waals surface area contributed by atoms with Crippen molar-refractivity contribution in [1.82, 2.24) is 0 Å². The Balaban J connectivity index is 1.76. The van der Waals surface area contributed by atoms with E-state index < -0.39 is 17.1 Å². The van der Waals surface area contributed by atoms with Crippen LogP contribution in [0.4, 0.5) is 11.4 Å². The number of anilines is 1. The summed E-state index contributed by atoms with van der Waals surface area (Å²) in [5.74, 6) is 0.837. The molecule has 3 aromatic rings. The van der Waals surface area contributed by atoms with Gasteiger partial charge in [-0.1, -0.05) is 35.9 Å². The fraction of sp³-hybridized carbons (Fsp3) is 0.174. The van der Waals surface area contributed by atoms with Crippen LogP contribution in [0.15, 0.2) is 66.7 Å². The number of nitro benzene ring substituents is 1. The molecule has 158 valence electrons. The lowest BCUT2D eigenvalue weighted by Crippen LogP contribution is -2.61. The van der Waals surface area contributed by atoms with Gasteiger partial charge in [0.25, 0.3) is 11.6 Å². The quantitative estimate of drug-likeness (QED) is 0.304. The third-order valence-electron chi connectivity index (χ3n) is 5.21. The van der Waals surface area contributed by atoms with Gasteiger partial charge in [0.05, 0.1) is 17.7 Å². The Morgan fingerprint density at radius 1 is 1.03 bits per heavy atom. The molecule has 1 fully saturated rings. The van der Waals surface area contributed by atoms with Crippen LogP contribution in [0.3, 0.4) is 0 Å². The zero-order chi connectivity index (χ0) is 22.1. The lowest BCUT2D eigenvalue weighted by atomic mass is 9.89. The van der Waals surface area contributed by atoms with Crippen LogP contribution in [0.2, 0.25) is 5.02 Å². The highest BCUT2D eigenvalue weighted by Gasteiger charge is 2.52. The molecule has 0 spiro atoms. The van der Waals surface area contributed by atoms with Crippen molar-refractivity contribution in [2.45, 2.75) is 19.1 Å². The molecule has 0 aromatic heterocycles. The summed E-state index contributed by atoms with van der Waals surface area (Å²) < 4.78 is 11.6. The van der Waals surface area contributed by atoms with Gasteiger partial charge in [-0.3, -0.25) is 19.8 Å². The number of β-lactam (4-membered cyclic amide) rings is 1. The molecule has 1 aliphatic heterocycles. The molecular weight excluding hydrogens is 420 g/mol. The molecule has 2 atom stereocenters. The zero-order valence-electron chi connectivity index (χ0n) is 16.8. The SMILES string of the molecule is COc1ccccc1[C@H]1[C@@H](Oc2ccc(Cl)cc2C)C(=O)N1c1cccc([N+](=O)[O-])c1. The molecule has 31 heavy (non-hydrogen) atoms. The first-order valence-electron chi connectivity index (χ1n) is 9.54. The van der Waals surface area contributed by atoms with Crippen LogP contribution < -0.4 is 14.4 Å². The van der Waals surface area contributed by atoms with Crippen LogP contribution in [-0.4, -0.2) is 24.0 Å². The summed E-state index contributed by atoms with van der Waals surface area (Å²) >= 11 is 6.04. The second kappa shape index (κ2) is 8.28. The van der Waals surface area contributed by atoms with Crippen LogP contribution in [-0.2, 0) is 4.79 Å². The van der Waals surface area contributed by atoms with Crippen LogP contribution in [0.25, 0.3) is 0 Å². The number of ether oxygens (including phenoxy) is 2. The van der Waals surface area contributed by atoms with Crippen LogP contribution in [0.5, 0.6) is 11.5 Å². The lowest BCUT2D eigenvalue weighted by Gasteiger charge is -2.47. The number of nitro groups is 1. The number of aryl methyl sites for hydroxylation is 1. The van der Waals surface area contributed by atoms with Crippen molar-refractivity contribution in [3.63, 3.8) is 0 Å². The van der Waals surface area contributed by atoms with Gasteiger partial charge in [0, 0.05) is 22.7 Å². The Morgan fingerprint density at radius 2 is 1.81 bits per heavy atom. The summed E-state index contributed by atoms with van der Waals surface area (Å²) in [5.41, 5.74) is 1.87. The number of hydrogen-bond acceptors (Lipinski definition) is 5. The first-order valence-corrected chi connectivity index (χ1v) is 9.91. The minimum absolute atomic E-state index is 0.0954. The average Bonchev–Trinajstić information content (AvgIpc) is 2.76. The summed E-state index contributed by atoms with van der Waals surface area (Å²) in [4.78, 5) is 25.4. The fourth-order valence-corrected chi connectivity index (χ4v) is 3.94. The molecule has 8 heteroatoms. The normalized spacial score (nSPS) is 17.8. The number of hydrogen-bond donors (Lipinski definition) is 0. The van der Waals surface area contributed by atoms with Gasteiger partial charge >= 0.3 is 0 Å². The summed E-state index contributed by atoms with van der Waals surface area (Å²) in [5, 5.41) is 11.8. The molecule has 7 nitrogen and oxygen atoms in total. The monoisotopic (exact) mass is 438 g/mol. The predicted octanol–water partition coefficient (Wildman–Crippen LogP) is 5.10. The van der Waals surface area contributed by atoms with Crippen molar-refractivity contribution in [3.8, 4) is 11.5 Å². The van der Waals surface area contributed by atoms with E-state index in [1.54, 1.807) is 43.5 Å². The molecule has 0 aliphatic carbocycles. The van der Waals surface area contributed by atoms with E-state index in [1.807, 2.05) is 25.1 Å². The van der Waals surface area contributed by atoms with Crippen molar-refractivity contribution in [3.05, 3.63) is 93.0 Å². The van der Waals surface area contributed by atoms with Gasteiger partial charge in [-0.05, 0) is 42.8 Å². The van der Waals surface area contributed by atoms with E-state index in [0.29, 0.717) is 22.2 Å². The number of carbonyl (C=O) groups excluding carboxylic acids is 1. The standard InChI is InChI=1S/C23H19ClN2O5/c1-14-12-15(24)10-11-19(14)31-22-21(18-8-3-4-9-20(18)30-2)25(23(22)27)16-6-5-7-17(13-16)26(28)29/h3-13,21-22H,1-2H3/t21-,22+/m0/s1. The molecule has 1 heterocycles. The van der Waals surface area contributed by atoms with Gasteiger partial charge < -0.3 is 9.47 Å². The van der Waals surface area contributed by atoms with Crippen LogP contribution >= 0.6 is 11.6 Å². The number of benzene rings is 3. The molecule has 4 rings (SSSR count). The minimum atomic E-state index is -0.824. The second-order valence-corrected chi connectivity index (χ2v) is 7.56. The van der Waals surface area contributed by atoms with Gasteiger partial charge in [-0.15, -0.1) is 0 Å². The third kappa shape index (κ3) is 3.80. The highest BCUT2D eigenvalue weighted by atomic mass is 35.5.